The van der Waals surface area contributed by atoms with Gasteiger partial charge >= 0.3 is 12.2 Å². The molecule has 0 unspecified atom stereocenters. The van der Waals surface area contributed by atoms with Crippen LogP contribution in [0.2, 0.25) is 0 Å². The Hall–Kier alpha value is -3.14. The molecule has 224 valence electrons. The molecule has 2 saturated heterocycles. The van der Waals surface area contributed by atoms with Crippen LogP contribution in [0.4, 0.5) is 14.0 Å². The number of nitrogens with zero attached hydrogens (tertiary/aromatic N) is 2. The van der Waals surface area contributed by atoms with Gasteiger partial charge in [-0.25, -0.2) is 14.0 Å². The lowest BCUT2D eigenvalue weighted by molar-refractivity contribution is 0.0204. The lowest BCUT2D eigenvalue weighted by Gasteiger charge is -2.33. The first-order valence-corrected chi connectivity index (χ1v) is 15.1. The molecular weight excluding hydrogens is 545 g/mol. The van der Waals surface area contributed by atoms with Crippen molar-refractivity contribution in [1.82, 2.24) is 15.1 Å². The monoisotopic (exact) mass is 587 g/mol. The van der Waals surface area contributed by atoms with Gasteiger partial charge < -0.3 is 24.6 Å². The van der Waals surface area contributed by atoms with Crippen molar-refractivity contribution in [3.8, 4) is 10.4 Å². The molecule has 1 aromatic heterocycles. The Kier molecular flexibility index (Phi) is 9.01. The maximum Gasteiger partial charge on any atom is 0.410 e. The highest BCUT2D eigenvalue weighted by Gasteiger charge is 2.32. The number of hydrogen-bond donors (Lipinski definition) is 1. The van der Waals surface area contributed by atoms with E-state index in [2.05, 4.69) is 5.32 Å². The average Bonchev–Trinajstić information content (AvgIpc) is 3.48. The summed E-state index contributed by atoms with van der Waals surface area (Å²) >= 11 is 1.29. The number of piperidine rings is 1. The predicted octanol–water partition coefficient (Wildman–Crippen LogP) is 6.72. The SMILES string of the molecule is Cc1cc(-c2ccc(C3CCN(C(=O)OC(C)(C)C)CC3)cc2F)sc1C(=O)N1CC[C@H](NC(=O)OC(C)(C)C)C1. The molecular formula is C31H42FN3O5S. The minimum absolute atomic E-state index is 0.110. The smallest absolute Gasteiger partial charge is 0.410 e. The second-order valence-corrected chi connectivity index (χ2v) is 14.0. The van der Waals surface area contributed by atoms with E-state index in [1.807, 2.05) is 60.6 Å². The molecule has 0 aliphatic carbocycles. The summed E-state index contributed by atoms with van der Waals surface area (Å²) in [5, 5.41) is 2.85. The van der Waals surface area contributed by atoms with E-state index in [1.165, 1.54) is 11.3 Å². The molecule has 1 aromatic carbocycles. The average molecular weight is 588 g/mol. The number of likely N-dealkylation sites (tertiary alicyclic amines) is 2. The number of nitrogens with one attached hydrogen (secondary N) is 1. The zero-order valence-corrected chi connectivity index (χ0v) is 26.0. The molecule has 10 heteroatoms. The first-order chi connectivity index (χ1) is 19.1. The van der Waals surface area contributed by atoms with Crippen LogP contribution in [0.3, 0.4) is 0 Å². The number of aryl methyl sites for hydroxylation is 1. The van der Waals surface area contributed by atoms with Gasteiger partial charge in [-0.05, 0) is 96.9 Å². The van der Waals surface area contributed by atoms with Crippen LogP contribution in [0.1, 0.15) is 87.5 Å². The number of amides is 3. The highest BCUT2D eigenvalue weighted by molar-refractivity contribution is 7.17. The third-order valence-corrected chi connectivity index (χ3v) is 8.44. The summed E-state index contributed by atoms with van der Waals surface area (Å²) in [5.74, 6) is -0.266. The first kappa shape index (κ1) is 30.8. The van der Waals surface area contributed by atoms with Crippen LogP contribution in [0.15, 0.2) is 24.3 Å². The highest BCUT2D eigenvalue weighted by atomic mass is 32.1. The standard InChI is InChI=1S/C31H42FN3O5S/c1-19-16-25(41-26(19)27(36)35-15-12-22(18-35)33-28(37)39-30(2,3)4)23-9-8-21(17-24(23)32)20-10-13-34(14-11-20)29(38)40-31(5,6)7/h8-9,16-17,20,22H,10-15,18H2,1-7H3,(H,33,37)/t22-/m0/s1. The van der Waals surface area contributed by atoms with Crippen molar-refractivity contribution in [2.45, 2.75) is 90.9 Å². The van der Waals surface area contributed by atoms with Crippen LogP contribution >= 0.6 is 11.3 Å². The maximum absolute atomic E-state index is 15.4. The van der Waals surface area contributed by atoms with E-state index in [-0.39, 0.29) is 29.8 Å². The molecule has 2 aliphatic rings. The van der Waals surface area contributed by atoms with Crippen LogP contribution in [-0.4, -0.2) is 71.3 Å². The van der Waals surface area contributed by atoms with E-state index in [4.69, 9.17) is 9.47 Å². The van der Waals surface area contributed by atoms with Gasteiger partial charge in [0.15, 0.2) is 0 Å². The second-order valence-electron chi connectivity index (χ2n) is 13.0. The van der Waals surface area contributed by atoms with E-state index in [0.29, 0.717) is 47.9 Å². The Morgan fingerprint density at radius 3 is 2.17 bits per heavy atom. The number of halogens is 1. The molecule has 0 spiro atoms. The van der Waals surface area contributed by atoms with Gasteiger partial charge in [-0.2, -0.15) is 0 Å². The van der Waals surface area contributed by atoms with Crippen LogP contribution in [0.5, 0.6) is 0 Å². The van der Waals surface area contributed by atoms with Crippen LogP contribution in [0, 0.1) is 12.7 Å². The van der Waals surface area contributed by atoms with E-state index >= 15 is 4.39 Å². The molecule has 3 heterocycles. The third-order valence-electron chi connectivity index (χ3n) is 7.19. The zero-order chi connectivity index (χ0) is 30.1. The van der Waals surface area contributed by atoms with Crippen molar-refractivity contribution < 1.29 is 28.2 Å². The second kappa shape index (κ2) is 12.0. The van der Waals surface area contributed by atoms with Crippen molar-refractivity contribution in [1.29, 1.82) is 0 Å². The van der Waals surface area contributed by atoms with Crippen molar-refractivity contribution in [3.05, 3.63) is 46.1 Å². The van der Waals surface area contributed by atoms with E-state index in [0.717, 1.165) is 24.0 Å². The number of carbonyl (C=O) groups excluding carboxylic acids is 3. The fraction of sp³-hybridized carbons (Fsp3) is 0.581. The molecule has 8 nitrogen and oxygen atoms in total. The summed E-state index contributed by atoms with van der Waals surface area (Å²) in [6.45, 7) is 14.9. The molecule has 3 amide bonds. The van der Waals surface area contributed by atoms with Gasteiger partial charge in [0.1, 0.15) is 17.0 Å². The first-order valence-electron chi connectivity index (χ1n) is 14.3. The summed E-state index contributed by atoms with van der Waals surface area (Å²) < 4.78 is 26.2. The van der Waals surface area contributed by atoms with Gasteiger partial charge in [-0.15, -0.1) is 11.3 Å². The summed E-state index contributed by atoms with van der Waals surface area (Å²) in [6, 6.07) is 7.03. The Morgan fingerprint density at radius 2 is 1.56 bits per heavy atom. The fourth-order valence-electron chi connectivity index (χ4n) is 5.21. The van der Waals surface area contributed by atoms with Gasteiger partial charge in [0.25, 0.3) is 5.91 Å². The number of carbonyl (C=O) groups is 3. The molecule has 2 aliphatic heterocycles. The van der Waals surface area contributed by atoms with Crippen molar-refractivity contribution in [3.63, 3.8) is 0 Å². The van der Waals surface area contributed by atoms with E-state index < -0.39 is 17.3 Å². The number of alkyl carbamates (subject to hydrolysis) is 1. The summed E-state index contributed by atoms with van der Waals surface area (Å²) in [4.78, 5) is 42.6. The van der Waals surface area contributed by atoms with Crippen molar-refractivity contribution >= 4 is 29.4 Å². The normalized spacial score (nSPS) is 18.4. The number of ether oxygens (including phenoxy) is 2. The minimum atomic E-state index is -0.588. The molecule has 2 fully saturated rings. The lowest BCUT2D eigenvalue weighted by Crippen LogP contribution is -2.41. The largest absolute Gasteiger partial charge is 0.444 e. The van der Waals surface area contributed by atoms with Crippen LogP contribution in [-0.2, 0) is 9.47 Å². The molecule has 0 bridgehead atoms. The number of thiophene rings is 1. The molecule has 2 aromatic rings. The van der Waals surface area contributed by atoms with Gasteiger partial charge in [-0.3, -0.25) is 4.79 Å². The van der Waals surface area contributed by atoms with Gasteiger partial charge in [-0.1, -0.05) is 12.1 Å². The summed E-state index contributed by atoms with van der Waals surface area (Å²) in [5.41, 5.74) is 1.07. The summed E-state index contributed by atoms with van der Waals surface area (Å²) in [7, 11) is 0. The minimum Gasteiger partial charge on any atom is -0.444 e. The van der Waals surface area contributed by atoms with Gasteiger partial charge in [0, 0.05) is 36.6 Å². The van der Waals surface area contributed by atoms with E-state index in [1.54, 1.807) is 21.9 Å². The van der Waals surface area contributed by atoms with Gasteiger partial charge in [0.2, 0.25) is 0 Å². The quantitative estimate of drug-likeness (QED) is 0.429. The predicted molar refractivity (Wildman–Crippen MR) is 158 cm³/mol. The number of benzene rings is 1. The van der Waals surface area contributed by atoms with Gasteiger partial charge in [0.05, 0.1) is 10.9 Å². The van der Waals surface area contributed by atoms with Crippen molar-refractivity contribution in [2.75, 3.05) is 26.2 Å². The molecule has 0 radical (unpaired) electrons. The topological polar surface area (TPSA) is 88.2 Å². The third kappa shape index (κ3) is 7.99. The Bertz CT molecular complexity index is 1290. The number of hydrogen-bond acceptors (Lipinski definition) is 6. The fourth-order valence-corrected chi connectivity index (χ4v) is 6.38. The Balaban J connectivity index is 1.37. The molecule has 0 saturated carbocycles. The zero-order valence-electron chi connectivity index (χ0n) is 25.1. The van der Waals surface area contributed by atoms with Crippen LogP contribution in [0.25, 0.3) is 10.4 Å². The Labute approximate surface area is 246 Å². The van der Waals surface area contributed by atoms with Crippen LogP contribution < -0.4 is 5.32 Å². The lowest BCUT2D eigenvalue weighted by atomic mass is 9.89. The van der Waals surface area contributed by atoms with Crippen molar-refractivity contribution in [2.24, 2.45) is 0 Å². The highest BCUT2D eigenvalue weighted by Crippen LogP contribution is 2.37. The molecule has 41 heavy (non-hydrogen) atoms. The Morgan fingerprint density at radius 1 is 0.927 bits per heavy atom. The molecule has 4 rings (SSSR count). The molecule has 1 atom stereocenters. The maximum atomic E-state index is 15.4. The summed E-state index contributed by atoms with van der Waals surface area (Å²) in [6.07, 6.45) is 1.34. The van der Waals surface area contributed by atoms with E-state index in [9.17, 15) is 14.4 Å². The number of rotatable bonds is 4. The molecule has 1 N–H and O–H groups in total.